The molecule has 0 bridgehead atoms. The Morgan fingerprint density at radius 3 is 2.00 bits per heavy atom. The monoisotopic (exact) mass is 284 g/mol. The molecule has 0 N–H and O–H groups in total. The van der Waals surface area contributed by atoms with Crippen molar-refractivity contribution in [1.82, 2.24) is 0 Å². The molecule has 0 unspecified atom stereocenters. The van der Waals surface area contributed by atoms with Crippen LogP contribution in [0, 0.1) is 5.92 Å². The zero-order valence-corrected chi connectivity index (χ0v) is 8.32. The fourth-order valence-corrected chi connectivity index (χ4v) is 1.02. The summed E-state index contributed by atoms with van der Waals surface area (Å²) in [5, 5.41) is 0. The van der Waals surface area contributed by atoms with Crippen molar-refractivity contribution in [2.75, 3.05) is 7.11 Å². The number of ether oxygens (including phenoxy) is 1. The minimum Gasteiger partial charge on any atom is -0.381 e. The molecule has 0 aromatic carbocycles. The predicted octanol–water partition coefficient (Wildman–Crippen LogP) is 1.43. The maximum atomic E-state index is 5.06. The van der Waals surface area contributed by atoms with Crippen molar-refractivity contribution in [2.45, 2.75) is 25.9 Å². The van der Waals surface area contributed by atoms with Crippen LogP contribution in [0.1, 0.15) is 19.8 Å². The average molecular weight is 284 g/mol. The summed E-state index contributed by atoms with van der Waals surface area (Å²) in [6.07, 6.45) is 3.14. The minimum absolute atomic E-state index is 0. The molecule has 0 aromatic rings. The smallest absolute Gasteiger partial charge is 0.0576 e. The first-order valence-electron chi connectivity index (χ1n) is 2.85. The summed E-state index contributed by atoms with van der Waals surface area (Å²) in [5.41, 5.74) is 0. The van der Waals surface area contributed by atoms with Crippen molar-refractivity contribution in [1.29, 1.82) is 0 Å². The van der Waals surface area contributed by atoms with E-state index in [9.17, 15) is 0 Å². The average Bonchev–Trinajstić information content (AvgIpc) is 1.58. The van der Waals surface area contributed by atoms with Crippen LogP contribution in [-0.2, 0) is 25.8 Å². The quantitative estimate of drug-likeness (QED) is 0.708. The molecule has 0 aliphatic heterocycles. The molecule has 0 aromatic heterocycles. The van der Waals surface area contributed by atoms with Gasteiger partial charge in [-0.3, -0.25) is 0 Å². The number of rotatable bonds is 1. The second kappa shape index (κ2) is 3.63. The Morgan fingerprint density at radius 1 is 1.38 bits per heavy atom. The molecule has 2 heteroatoms. The van der Waals surface area contributed by atoms with Gasteiger partial charge >= 0.3 is 0 Å². The largest absolute Gasteiger partial charge is 0.381 e. The molecule has 1 rings (SSSR count). The summed E-state index contributed by atoms with van der Waals surface area (Å²) in [7, 11) is 1.79. The predicted molar refractivity (Wildman–Crippen MR) is 29.2 cm³/mol. The minimum atomic E-state index is 0. The Labute approximate surface area is 65.1 Å². The molecule has 0 atom stereocenters. The second-order valence-electron chi connectivity index (χ2n) is 2.43. The molecule has 0 radical (unpaired) electrons. The summed E-state index contributed by atoms with van der Waals surface area (Å²) in [4.78, 5) is 0. The van der Waals surface area contributed by atoms with Gasteiger partial charge in [0.25, 0.3) is 0 Å². The van der Waals surface area contributed by atoms with Crippen LogP contribution in [0.4, 0.5) is 0 Å². The van der Waals surface area contributed by atoms with E-state index >= 15 is 0 Å². The summed E-state index contributed by atoms with van der Waals surface area (Å²) < 4.78 is 5.06. The summed E-state index contributed by atoms with van der Waals surface area (Å²) in [6.45, 7) is 2.26. The van der Waals surface area contributed by atoms with Gasteiger partial charge in [-0.05, 0) is 18.8 Å². The maximum absolute atomic E-state index is 5.06. The van der Waals surface area contributed by atoms with Crippen LogP contribution in [0.5, 0.6) is 0 Å². The van der Waals surface area contributed by atoms with Gasteiger partial charge < -0.3 is 4.74 Å². The molecule has 0 saturated heterocycles. The molecule has 48 valence electrons. The van der Waals surface area contributed by atoms with Crippen molar-refractivity contribution in [2.24, 2.45) is 5.92 Å². The molecule has 1 saturated carbocycles. The van der Waals surface area contributed by atoms with Gasteiger partial charge in [0, 0.05) is 28.2 Å². The van der Waals surface area contributed by atoms with Crippen LogP contribution in [0.15, 0.2) is 0 Å². The van der Waals surface area contributed by atoms with Gasteiger partial charge in [0.15, 0.2) is 0 Å². The molecule has 1 aliphatic rings. The van der Waals surface area contributed by atoms with E-state index in [4.69, 9.17) is 4.74 Å². The van der Waals surface area contributed by atoms with Gasteiger partial charge in [0.1, 0.15) is 0 Å². The van der Waals surface area contributed by atoms with Gasteiger partial charge in [-0.1, -0.05) is 6.92 Å². The van der Waals surface area contributed by atoms with Crippen molar-refractivity contribution >= 4 is 0 Å². The third-order valence-electron chi connectivity index (χ3n) is 1.66. The summed E-state index contributed by atoms with van der Waals surface area (Å²) in [6, 6.07) is 0. The SMILES string of the molecule is COC1CC(C)C1.[W]. The fraction of sp³-hybridized carbons (Fsp3) is 1.00. The van der Waals surface area contributed by atoms with E-state index < -0.39 is 0 Å². The molecule has 0 heterocycles. The standard InChI is InChI=1S/C6H12O.W/c1-5-3-6(4-5)7-2;/h5-6H,3-4H2,1-2H3;. The van der Waals surface area contributed by atoms with E-state index in [-0.39, 0.29) is 21.1 Å². The van der Waals surface area contributed by atoms with E-state index in [1.165, 1.54) is 12.8 Å². The molecular formula is C6H12OW. The molecule has 1 aliphatic carbocycles. The Balaban J connectivity index is 0.000000490. The van der Waals surface area contributed by atoms with Crippen LogP contribution >= 0.6 is 0 Å². The van der Waals surface area contributed by atoms with E-state index in [0.717, 1.165) is 5.92 Å². The third kappa shape index (κ3) is 1.87. The normalized spacial score (nSPS) is 35.2. The Hall–Kier alpha value is 0.648. The van der Waals surface area contributed by atoms with Crippen molar-refractivity contribution in [3.8, 4) is 0 Å². The van der Waals surface area contributed by atoms with E-state index in [1.54, 1.807) is 7.11 Å². The Kier molecular flexibility index (Phi) is 3.93. The molecule has 1 fully saturated rings. The molecule has 0 spiro atoms. The van der Waals surface area contributed by atoms with Crippen molar-refractivity contribution in [3.05, 3.63) is 0 Å². The topological polar surface area (TPSA) is 9.23 Å². The Morgan fingerprint density at radius 2 is 1.88 bits per heavy atom. The Bertz CT molecular complexity index is 59.5. The van der Waals surface area contributed by atoms with Gasteiger partial charge in [-0.25, -0.2) is 0 Å². The van der Waals surface area contributed by atoms with Gasteiger partial charge in [0.2, 0.25) is 0 Å². The van der Waals surface area contributed by atoms with E-state index in [2.05, 4.69) is 6.92 Å². The van der Waals surface area contributed by atoms with Crippen LogP contribution in [0.2, 0.25) is 0 Å². The number of methoxy groups -OCH3 is 1. The molecular weight excluding hydrogens is 272 g/mol. The van der Waals surface area contributed by atoms with E-state index in [1.807, 2.05) is 0 Å². The van der Waals surface area contributed by atoms with E-state index in [0.29, 0.717) is 6.10 Å². The maximum Gasteiger partial charge on any atom is 0.0576 e. The molecule has 8 heavy (non-hydrogen) atoms. The number of hydrogen-bond acceptors (Lipinski definition) is 1. The fourth-order valence-electron chi connectivity index (χ4n) is 1.02. The zero-order valence-electron chi connectivity index (χ0n) is 5.39. The summed E-state index contributed by atoms with van der Waals surface area (Å²) in [5.74, 6) is 0.921. The third-order valence-corrected chi connectivity index (χ3v) is 1.66. The van der Waals surface area contributed by atoms with Gasteiger partial charge in [-0.2, -0.15) is 0 Å². The van der Waals surface area contributed by atoms with Crippen molar-refractivity contribution in [3.63, 3.8) is 0 Å². The first-order valence-corrected chi connectivity index (χ1v) is 2.85. The van der Waals surface area contributed by atoms with Crippen LogP contribution in [-0.4, -0.2) is 13.2 Å². The first kappa shape index (κ1) is 8.65. The van der Waals surface area contributed by atoms with Crippen LogP contribution in [0.3, 0.4) is 0 Å². The van der Waals surface area contributed by atoms with Gasteiger partial charge in [-0.15, -0.1) is 0 Å². The first-order chi connectivity index (χ1) is 3.33. The molecule has 1 nitrogen and oxygen atoms in total. The van der Waals surface area contributed by atoms with Crippen LogP contribution in [0.25, 0.3) is 0 Å². The zero-order chi connectivity index (χ0) is 5.28. The summed E-state index contributed by atoms with van der Waals surface area (Å²) >= 11 is 0. The van der Waals surface area contributed by atoms with Crippen molar-refractivity contribution < 1.29 is 25.8 Å². The molecule has 0 amide bonds. The van der Waals surface area contributed by atoms with Gasteiger partial charge in [0.05, 0.1) is 6.10 Å². The second-order valence-corrected chi connectivity index (χ2v) is 2.43. The number of hydrogen-bond donors (Lipinski definition) is 0. The van der Waals surface area contributed by atoms with Crippen LogP contribution < -0.4 is 0 Å².